The van der Waals surface area contributed by atoms with Crippen LogP contribution in [0.4, 0.5) is 8.78 Å². The fraction of sp³-hybridized carbons (Fsp3) is 0.609. The number of aliphatic hydroxyl groups is 4. The Morgan fingerprint density at radius 2 is 1.58 bits per heavy atom. The molecule has 4 atom stereocenters. The summed E-state index contributed by atoms with van der Waals surface area (Å²) in [6.07, 6.45) is -1.43. The van der Waals surface area contributed by atoms with Crippen molar-refractivity contribution in [2.24, 2.45) is 0 Å². The van der Waals surface area contributed by atoms with Gasteiger partial charge in [0.15, 0.2) is 11.7 Å². The van der Waals surface area contributed by atoms with Crippen molar-refractivity contribution in [3.05, 3.63) is 41.4 Å². The zero-order valence-electron chi connectivity index (χ0n) is 18.7. The van der Waals surface area contributed by atoms with E-state index in [4.69, 9.17) is 9.15 Å². The molecule has 0 aliphatic carbocycles. The van der Waals surface area contributed by atoms with E-state index >= 15 is 0 Å². The number of hydrogen-bond donors (Lipinski definition) is 4. The third-order valence-corrected chi connectivity index (χ3v) is 5.71. The van der Waals surface area contributed by atoms with E-state index in [0.29, 0.717) is 30.5 Å². The highest BCUT2D eigenvalue weighted by Gasteiger charge is 2.35. The van der Waals surface area contributed by atoms with Crippen LogP contribution >= 0.6 is 0 Å². The van der Waals surface area contributed by atoms with Crippen molar-refractivity contribution in [3.63, 3.8) is 0 Å². The van der Waals surface area contributed by atoms with Crippen LogP contribution < -0.4 is 0 Å². The van der Waals surface area contributed by atoms with Gasteiger partial charge >= 0.3 is 0 Å². The van der Waals surface area contributed by atoms with E-state index in [1.165, 1.54) is 12.1 Å². The first-order valence-electron chi connectivity index (χ1n) is 11.2. The lowest BCUT2D eigenvalue weighted by atomic mass is 10.1. The van der Waals surface area contributed by atoms with Gasteiger partial charge in [-0.25, -0.2) is 13.8 Å². The molecule has 1 aliphatic rings. The Labute approximate surface area is 191 Å². The molecule has 8 nitrogen and oxygen atoms in total. The summed E-state index contributed by atoms with van der Waals surface area (Å²) in [7, 11) is 0. The van der Waals surface area contributed by atoms with Gasteiger partial charge in [0, 0.05) is 38.2 Å². The van der Waals surface area contributed by atoms with Gasteiger partial charge < -0.3 is 29.6 Å². The molecule has 1 fully saturated rings. The van der Waals surface area contributed by atoms with Crippen molar-refractivity contribution in [2.75, 3.05) is 26.2 Å². The lowest BCUT2D eigenvalue weighted by Gasteiger charge is -2.23. The van der Waals surface area contributed by atoms with E-state index in [2.05, 4.69) is 4.98 Å². The Hall–Kier alpha value is -1.95. The maximum Gasteiger partial charge on any atom is 0.192 e. The zero-order valence-corrected chi connectivity index (χ0v) is 18.7. The summed E-state index contributed by atoms with van der Waals surface area (Å²) < 4.78 is 38.3. The summed E-state index contributed by atoms with van der Waals surface area (Å²) >= 11 is 0. The van der Waals surface area contributed by atoms with Crippen LogP contribution in [0.1, 0.15) is 37.3 Å². The van der Waals surface area contributed by atoms with E-state index in [1.807, 2.05) is 4.90 Å². The molecule has 0 amide bonds. The molecule has 2 heterocycles. The zero-order chi connectivity index (χ0) is 24.0. The number of aromatic nitrogens is 1. The minimum Gasteiger partial charge on any atom is -0.441 e. The topological polar surface area (TPSA) is 119 Å². The number of unbranched alkanes of at least 4 members (excludes halogenated alkanes) is 3. The molecule has 1 aromatic carbocycles. The van der Waals surface area contributed by atoms with Crippen LogP contribution in [-0.2, 0) is 11.3 Å². The molecule has 10 heteroatoms. The predicted molar refractivity (Wildman–Crippen MR) is 115 cm³/mol. The molecule has 0 bridgehead atoms. The molecule has 0 spiro atoms. The second-order valence-electron chi connectivity index (χ2n) is 8.51. The van der Waals surface area contributed by atoms with Crippen molar-refractivity contribution in [3.8, 4) is 11.3 Å². The minimum atomic E-state index is -1.35. The van der Waals surface area contributed by atoms with Crippen LogP contribution in [0, 0.1) is 18.6 Å². The Morgan fingerprint density at radius 1 is 0.970 bits per heavy atom. The van der Waals surface area contributed by atoms with Gasteiger partial charge in [-0.1, -0.05) is 12.8 Å². The molecule has 0 radical (unpaired) electrons. The molecule has 184 valence electrons. The summed E-state index contributed by atoms with van der Waals surface area (Å²) in [6, 6.07) is 3.18. The standard InChI is InChI=1S/C23H32F2N2O6/c1-14-26-18(23(33-14)15-8-16(24)10-17(25)9-15)13-32-7-5-3-2-4-6-27-11-19(28)21(30)22(31)20(29)12-27/h8-10,19-22,28-31H,2-7,11-13H2,1H3/t19-,20-,21+,22+/m0/s1. The number of ether oxygens (including phenoxy) is 1. The number of benzene rings is 1. The van der Waals surface area contributed by atoms with E-state index in [0.717, 1.165) is 31.7 Å². The third-order valence-electron chi connectivity index (χ3n) is 5.71. The van der Waals surface area contributed by atoms with Gasteiger partial charge in [0.2, 0.25) is 0 Å². The maximum atomic E-state index is 13.5. The van der Waals surface area contributed by atoms with Gasteiger partial charge in [0.1, 0.15) is 29.5 Å². The van der Waals surface area contributed by atoms with Crippen molar-refractivity contribution < 1.29 is 38.4 Å². The normalized spacial score (nSPS) is 24.2. The quantitative estimate of drug-likeness (QED) is 0.388. The van der Waals surface area contributed by atoms with Crippen LogP contribution in [0.5, 0.6) is 0 Å². The highest BCUT2D eigenvalue weighted by Crippen LogP contribution is 2.27. The molecule has 1 aliphatic heterocycles. The third kappa shape index (κ3) is 7.26. The summed E-state index contributed by atoms with van der Waals surface area (Å²) in [5, 5.41) is 39.3. The Balaban J connectivity index is 1.36. The number of aliphatic hydroxyl groups excluding tert-OH is 4. The van der Waals surface area contributed by atoms with Crippen LogP contribution in [0.25, 0.3) is 11.3 Å². The monoisotopic (exact) mass is 470 g/mol. The Morgan fingerprint density at radius 3 is 2.21 bits per heavy atom. The van der Waals surface area contributed by atoms with Crippen molar-refractivity contribution in [2.45, 2.75) is 63.6 Å². The fourth-order valence-electron chi connectivity index (χ4n) is 4.00. The summed E-state index contributed by atoms with van der Waals surface area (Å²) in [5.41, 5.74) is 0.760. The van der Waals surface area contributed by atoms with Crippen LogP contribution in [-0.4, -0.2) is 81.0 Å². The van der Waals surface area contributed by atoms with Crippen LogP contribution in [0.3, 0.4) is 0 Å². The van der Waals surface area contributed by atoms with Gasteiger partial charge in [0.05, 0.1) is 18.8 Å². The van der Waals surface area contributed by atoms with Gasteiger partial charge in [-0.15, -0.1) is 0 Å². The van der Waals surface area contributed by atoms with Gasteiger partial charge in [0.25, 0.3) is 0 Å². The molecular weight excluding hydrogens is 438 g/mol. The van der Waals surface area contributed by atoms with Gasteiger partial charge in [-0.05, 0) is 31.5 Å². The Bertz CT molecular complexity index is 860. The van der Waals surface area contributed by atoms with E-state index in [1.54, 1.807) is 6.92 Å². The average Bonchev–Trinajstić information content (AvgIpc) is 3.10. The van der Waals surface area contributed by atoms with Gasteiger partial charge in [-0.2, -0.15) is 0 Å². The fourth-order valence-corrected chi connectivity index (χ4v) is 4.00. The number of aryl methyl sites for hydroxylation is 1. The largest absolute Gasteiger partial charge is 0.441 e. The first-order chi connectivity index (χ1) is 15.7. The van der Waals surface area contributed by atoms with Crippen LogP contribution in [0.15, 0.2) is 22.6 Å². The molecule has 1 saturated heterocycles. The number of rotatable bonds is 10. The second kappa shape index (κ2) is 12.0. The molecule has 0 saturated carbocycles. The highest BCUT2D eigenvalue weighted by atomic mass is 19.1. The first-order valence-corrected chi connectivity index (χ1v) is 11.2. The summed E-state index contributed by atoms with van der Waals surface area (Å²) in [5.74, 6) is -0.704. The maximum absolute atomic E-state index is 13.5. The number of halogens is 2. The predicted octanol–water partition coefficient (Wildman–Crippen LogP) is 1.76. The molecule has 3 rings (SSSR count). The lowest BCUT2D eigenvalue weighted by Crippen LogP contribution is -2.43. The molecule has 33 heavy (non-hydrogen) atoms. The van der Waals surface area contributed by atoms with E-state index in [9.17, 15) is 29.2 Å². The number of hydrogen-bond acceptors (Lipinski definition) is 8. The van der Waals surface area contributed by atoms with Gasteiger partial charge in [-0.3, -0.25) is 4.90 Å². The van der Waals surface area contributed by atoms with Crippen molar-refractivity contribution in [1.82, 2.24) is 9.88 Å². The molecule has 4 N–H and O–H groups in total. The molecule has 1 aromatic heterocycles. The smallest absolute Gasteiger partial charge is 0.192 e. The summed E-state index contributed by atoms with van der Waals surface area (Å²) in [6.45, 7) is 3.36. The lowest BCUT2D eigenvalue weighted by molar-refractivity contribution is -0.0894. The minimum absolute atomic E-state index is 0.166. The SMILES string of the molecule is Cc1nc(COCCCCCCN2C[C@H](O)[C@@H](O)[C@H](O)[C@@H](O)C2)c(-c2cc(F)cc(F)c2)o1. The Kier molecular flexibility index (Phi) is 9.30. The first kappa shape index (κ1) is 25.7. The van der Waals surface area contributed by atoms with E-state index < -0.39 is 36.1 Å². The highest BCUT2D eigenvalue weighted by molar-refractivity contribution is 5.60. The van der Waals surface area contributed by atoms with Crippen molar-refractivity contribution >= 4 is 0 Å². The van der Waals surface area contributed by atoms with E-state index in [-0.39, 0.29) is 25.3 Å². The molecule has 2 aromatic rings. The van der Waals surface area contributed by atoms with Crippen molar-refractivity contribution in [1.29, 1.82) is 0 Å². The summed E-state index contributed by atoms with van der Waals surface area (Å²) in [4.78, 5) is 6.10. The number of β-amino-alcohol motifs (C(OH)–C–C–N with tert-alkyl or cyclic N) is 2. The second-order valence-corrected chi connectivity index (χ2v) is 8.51. The molecule has 0 unspecified atom stereocenters. The number of nitrogens with zero attached hydrogens (tertiary/aromatic N) is 2. The average molecular weight is 471 g/mol. The number of likely N-dealkylation sites (tertiary alicyclic amines) is 1. The van der Waals surface area contributed by atoms with Crippen LogP contribution in [0.2, 0.25) is 0 Å². The number of oxazole rings is 1. The molecular formula is C23H32F2N2O6.